The standard InChI is InChI=1S/C16H25FN2O2/c17-14-5-4-12(11-15(14)18)16(21)6-9-19-8-2-1-3-13(19)7-10-20/h4-5,11,13,16,20-21H,1-3,6-10,18H2. The molecule has 0 bridgehead atoms. The zero-order chi connectivity index (χ0) is 15.2. The highest BCUT2D eigenvalue weighted by Gasteiger charge is 2.22. The fourth-order valence-corrected chi connectivity index (χ4v) is 3.05. The number of likely N-dealkylation sites (tertiary alicyclic amines) is 1. The van der Waals surface area contributed by atoms with Gasteiger partial charge < -0.3 is 20.8 Å². The maximum Gasteiger partial charge on any atom is 0.146 e. The summed E-state index contributed by atoms with van der Waals surface area (Å²) in [4.78, 5) is 2.34. The van der Waals surface area contributed by atoms with Gasteiger partial charge in [-0.1, -0.05) is 12.5 Å². The highest BCUT2D eigenvalue weighted by molar-refractivity contribution is 5.43. The molecule has 1 aliphatic rings. The van der Waals surface area contributed by atoms with Crippen LogP contribution >= 0.6 is 0 Å². The van der Waals surface area contributed by atoms with Gasteiger partial charge in [-0.3, -0.25) is 0 Å². The molecule has 0 amide bonds. The zero-order valence-electron chi connectivity index (χ0n) is 12.3. The minimum absolute atomic E-state index is 0.0719. The Balaban J connectivity index is 1.89. The van der Waals surface area contributed by atoms with Crippen molar-refractivity contribution < 1.29 is 14.6 Å². The van der Waals surface area contributed by atoms with Gasteiger partial charge in [0.25, 0.3) is 0 Å². The maximum absolute atomic E-state index is 13.1. The van der Waals surface area contributed by atoms with Crippen molar-refractivity contribution in [1.82, 2.24) is 4.90 Å². The molecule has 0 aromatic heterocycles. The number of rotatable bonds is 6. The first-order chi connectivity index (χ1) is 10.1. The van der Waals surface area contributed by atoms with E-state index in [1.165, 1.54) is 25.0 Å². The quantitative estimate of drug-likeness (QED) is 0.703. The number of nitrogens with zero attached hydrogens (tertiary/aromatic N) is 1. The van der Waals surface area contributed by atoms with Crippen LogP contribution in [0.25, 0.3) is 0 Å². The van der Waals surface area contributed by atoms with Crippen molar-refractivity contribution in [3.8, 4) is 0 Å². The Labute approximate surface area is 125 Å². The Kier molecular flexibility index (Phi) is 5.96. The summed E-state index contributed by atoms with van der Waals surface area (Å²) in [6, 6.07) is 4.79. The molecule has 1 saturated heterocycles. The molecule has 2 unspecified atom stereocenters. The molecule has 4 N–H and O–H groups in total. The van der Waals surface area contributed by atoms with Gasteiger partial charge in [0.1, 0.15) is 5.82 Å². The van der Waals surface area contributed by atoms with Crippen molar-refractivity contribution in [3.05, 3.63) is 29.6 Å². The minimum Gasteiger partial charge on any atom is -0.396 e. The molecule has 1 fully saturated rings. The molecule has 0 radical (unpaired) electrons. The average molecular weight is 296 g/mol. The number of hydrogen-bond donors (Lipinski definition) is 3. The molecule has 118 valence electrons. The van der Waals surface area contributed by atoms with Crippen molar-refractivity contribution in [3.63, 3.8) is 0 Å². The lowest BCUT2D eigenvalue weighted by atomic mass is 9.98. The number of benzene rings is 1. The van der Waals surface area contributed by atoms with Crippen molar-refractivity contribution in [2.45, 2.75) is 44.2 Å². The second-order valence-corrected chi connectivity index (χ2v) is 5.78. The summed E-state index contributed by atoms with van der Waals surface area (Å²) in [6.45, 7) is 2.00. The normalized spacial score (nSPS) is 21.4. The molecule has 4 nitrogen and oxygen atoms in total. The van der Waals surface area contributed by atoms with E-state index in [9.17, 15) is 9.50 Å². The molecule has 5 heteroatoms. The van der Waals surface area contributed by atoms with E-state index in [-0.39, 0.29) is 12.3 Å². The van der Waals surface area contributed by atoms with E-state index in [2.05, 4.69) is 4.90 Å². The zero-order valence-corrected chi connectivity index (χ0v) is 12.3. The second kappa shape index (κ2) is 7.73. The predicted molar refractivity (Wildman–Crippen MR) is 81.3 cm³/mol. The highest BCUT2D eigenvalue weighted by atomic mass is 19.1. The summed E-state index contributed by atoms with van der Waals surface area (Å²) in [5.74, 6) is -0.454. The molecule has 0 saturated carbocycles. The van der Waals surface area contributed by atoms with E-state index in [0.717, 1.165) is 25.9 Å². The van der Waals surface area contributed by atoms with Crippen LogP contribution in [0.5, 0.6) is 0 Å². The van der Waals surface area contributed by atoms with Crippen LogP contribution in [0.15, 0.2) is 18.2 Å². The lowest BCUT2D eigenvalue weighted by Gasteiger charge is -2.36. The van der Waals surface area contributed by atoms with E-state index in [4.69, 9.17) is 10.8 Å². The van der Waals surface area contributed by atoms with Gasteiger partial charge in [-0.25, -0.2) is 4.39 Å². The molecule has 0 spiro atoms. The fourth-order valence-electron chi connectivity index (χ4n) is 3.05. The number of hydrogen-bond acceptors (Lipinski definition) is 4. The molecule has 2 atom stereocenters. The van der Waals surface area contributed by atoms with Crippen molar-refractivity contribution in [1.29, 1.82) is 0 Å². The van der Waals surface area contributed by atoms with Crippen LogP contribution in [0, 0.1) is 5.82 Å². The van der Waals surface area contributed by atoms with Crippen LogP contribution < -0.4 is 5.73 Å². The first kappa shape index (κ1) is 16.2. The Morgan fingerprint density at radius 3 is 2.90 bits per heavy atom. The summed E-state index contributed by atoms with van der Waals surface area (Å²) in [6.07, 6.45) is 4.23. The van der Waals surface area contributed by atoms with E-state index in [0.29, 0.717) is 18.0 Å². The van der Waals surface area contributed by atoms with Crippen LogP contribution in [0.4, 0.5) is 10.1 Å². The van der Waals surface area contributed by atoms with Gasteiger partial charge in [-0.2, -0.15) is 0 Å². The predicted octanol–water partition coefficient (Wildman–Crippen LogP) is 2.07. The molecular weight excluding hydrogens is 271 g/mol. The van der Waals surface area contributed by atoms with Crippen LogP contribution in [-0.4, -0.2) is 40.9 Å². The van der Waals surface area contributed by atoms with E-state index < -0.39 is 11.9 Å². The smallest absolute Gasteiger partial charge is 0.146 e. The van der Waals surface area contributed by atoms with Crippen molar-refractivity contribution >= 4 is 5.69 Å². The minimum atomic E-state index is -0.635. The van der Waals surface area contributed by atoms with E-state index in [1.807, 2.05) is 0 Å². The third-order valence-electron chi connectivity index (χ3n) is 4.31. The van der Waals surface area contributed by atoms with Gasteiger partial charge >= 0.3 is 0 Å². The molecule has 1 aromatic carbocycles. The van der Waals surface area contributed by atoms with Gasteiger partial charge in [-0.15, -0.1) is 0 Å². The van der Waals surface area contributed by atoms with Gasteiger partial charge in [0.2, 0.25) is 0 Å². The topological polar surface area (TPSA) is 69.7 Å². The van der Waals surface area contributed by atoms with Gasteiger partial charge in [0.15, 0.2) is 0 Å². The summed E-state index contributed by atoms with van der Waals surface area (Å²) >= 11 is 0. The molecule has 2 rings (SSSR count). The first-order valence-corrected chi connectivity index (χ1v) is 7.69. The SMILES string of the molecule is Nc1cc(C(O)CCN2CCCCC2CCO)ccc1F. The van der Waals surface area contributed by atoms with Gasteiger partial charge in [0, 0.05) is 19.2 Å². The number of piperidine rings is 1. The molecule has 0 aliphatic carbocycles. The first-order valence-electron chi connectivity index (χ1n) is 7.69. The second-order valence-electron chi connectivity index (χ2n) is 5.78. The number of nitrogens with two attached hydrogens (primary N) is 1. The average Bonchev–Trinajstić information content (AvgIpc) is 2.49. The highest BCUT2D eigenvalue weighted by Crippen LogP contribution is 2.24. The third-order valence-corrected chi connectivity index (χ3v) is 4.31. The Hall–Kier alpha value is -1.17. The number of aliphatic hydroxyl groups excluding tert-OH is 2. The van der Waals surface area contributed by atoms with E-state index >= 15 is 0 Å². The maximum atomic E-state index is 13.1. The third kappa shape index (κ3) is 4.40. The number of anilines is 1. The number of halogens is 1. The van der Waals surface area contributed by atoms with Crippen molar-refractivity contribution in [2.24, 2.45) is 0 Å². The summed E-state index contributed by atoms with van der Waals surface area (Å²) in [5, 5.41) is 19.4. The summed E-state index contributed by atoms with van der Waals surface area (Å²) < 4.78 is 13.1. The number of nitrogen functional groups attached to an aromatic ring is 1. The molecular formula is C16H25FN2O2. The van der Waals surface area contributed by atoms with Crippen molar-refractivity contribution in [2.75, 3.05) is 25.4 Å². The Bertz CT molecular complexity index is 454. The summed E-state index contributed by atoms with van der Waals surface area (Å²) in [7, 11) is 0. The lowest BCUT2D eigenvalue weighted by molar-refractivity contribution is 0.0891. The molecule has 1 aromatic rings. The van der Waals surface area contributed by atoms with Gasteiger partial charge in [0.05, 0.1) is 11.8 Å². The Morgan fingerprint density at radius 1 is 1.38 bits per heavy atom. The van der Waals surface area contributed by atoms with Crippen LogP contribution in [0.2, 0.25) is 0 Å². The number of aliphatic hydroxyl groups is 2. The van der Waals surface area contributed by atoms with Gasteiger partial charge in [-0.05, 0) is 49.9 Å². The van der Waals surface area contributed by atoms with Crippen LogP contribution in [0.3, 0.4) is 0 Å². The monoisotopic (exact) mass is 296 g/mol. The Morgan fingerprint density at radius 2 is 2.19 bits per heavy atom. The van der Waals surface area contributed by atoms with Crippen LogP contribution in [-0.2, 0) is 0 Å². The molecule has 21 heavy (non-hydrogen) atoms. The summed E-state index contributed by atoms with van der Waals surface area (Å²) in [5.41, 5.74) is 6.26. The molecule has 1 aliphatic heterocycles. The van der Waals surface area contributed by atoms with Crippen LogP contribution in [0.1, 0.15) is 43.8 Å². The van der Waals surface area contributed by atoms with E-state index in [1.54, 1.807) is 6.07 Å². The fraction of sp³-hybridized carbons (Fsp3) is 0.625. The largest absolute Gasteiger partial charge is 0.396 e. The lowest BCUT2D eigenvalue weighted by Crippen LogP contribution is -2.41. The molecule has 1 heterocycles.